The number of imide groups is 1. The van der Waals surface area contributed by atoms with Crippen LogP contribution in [0, 0.1) is 17.2 Å². The van der Waals surface area contributed by atoms with E-state index in [1.54, 1.807) is 0 Å². The zero-order valence-corrected chi connectivity index (χ0v) is 7.95. The summed E-state index contributed by atoms with van der Waals surface area (Å²) in [6.45, 7) is -1.86. The number of hydrogen-bond donors (Lipinski definition) is 0. The lowest BCUT2D eigenvalue weighted by Crippen LogP contribution is -2.49. The largest absolute Gasteiger partial charge is 0.406 e. The predicted molar refractivity (Wildman–Crippen MR) is 42.7 cm³/mol. The van der Waals surface area contributed by atoms with E-state index in [1.165, 1.54) is 0 Å². The molecule has 16 heavy (non-hydrogen) atoms. The highest BCUT2D eigenvalue weighted by Gasteiger charge is 2.43. The minimum Gasteiger partial charge on any atom is -0.362 e. The van der Waals surface area contributed by atoms with Crippen LogP contribution in [0.5, 0.6) is 0 Å². The molecular weight excluding hydrogens is 229 g/mol. The number of carbonyl (C=O) groups is 2. The molecule has 1 saturated heterocycles. The number of carbonyl (C=O) groups excluding carboxylic acids is 2. The highest BCUT2D eigenvalue weighted by atomic mass is 19.4. The number of rotatable bonds is 2. The summed E-state index contributed by atoms with van der Waals surface area (Å²) >= 11 is 0. The summed E-state index contributed by atoms with van der Waals surface area (Å²) < 4.78 is 41.2. The summed E-state index contributed by atoms with van der Waals surface area (Å²) in [7, 11) is 0. The quantitative estimate of drug-likeness (QED) is 0.636. The van der Waals surface area contributed by atoms with E-state index in [0.717, 1.165) is 6.07 Å². The summed E-state index contributed by atoms with van der Waals surface area (Å²) in [6, 6.07) is 1.02. The van der Waals surface area contributed by atoms with Gasteiger partial charge in [0.25, 0.3) is 11.8 Å². The van der Waals surface area contributed by atoms with Crippen LogP contribution in [0.15, 0.2) is 0 Å². The fourth-order valence-electron chi connectivity index (χ4n) is 1.12. The topological polar surface area (TPSA) is 70.4 Å². The SMILES string of the molecule is N#CC(CN1C(=O)COCC1=O)C(F)(F)F. The standard InChI is InChI=1S/C8H7F3N2O3/c9-8(10,11)5(1-12)2-13-6(14)3-16-4-7(13)15/h5H,2-4H2. The number of ether oxygens (including phenoxy) is 1. The molecule has 0 aromatic rings. The maximum absolute atomic E-state index is 12.2. The van der Waals surface area contributed by atoms with Crippen LogP contribution in [-0.2, 0) is 14.3 Å². The Labute approximate surface area is 88.4 Å². The minimum absolute atomic E-state index is 0.408. The fraction of sp³-hybridized carbons (Fsp3) is 0.625. The lowest BCUT2D eigenvalue weighted by atomic mass is 10.1. The summed E-state index contributed by atoms with van der Waals surface area (Å²) in [4.78, 5) is 22.6. The molecule has 1 unspecified atom stereocenters. The van der Waals surface area contributed by atoms with Gasteiger partial charge in [-0.2, -0.15) is 18.4 Å². The minimum atomic E-state index is -4.76. The van der Waals surface area contributed by atoms with Crippen molar-refractivity contribution < 1.29 is 27.5 Å². The molecular formula is C8H7F3N2O3. The first-order valence-corrected chi connectivity index (χ1v) is 4.23. The third-order valence-corrected chi connectivity index (χ3v) is 1.97. The molecule has 0 spiro atoms. The van der Waals surface area contributed by atoms with Crippen molar-refractivity contribution in [2.24, 2.45) is 5.92 Å². The molecule has 0 aromatic carbocycles. The first-order chi connectivity index (χ1) is 7.36. The second-order valence-corrected chi connectivity index (χ2v) is 3.11. The second kappa shape index (κ2) is 4.49. The van der Waals surface area contributed by atoms with Crippen molar-refractivity contribution in [1.29, 1.82) is 5.26 Å². The van der Waals surface area contributed by atoms with Crippen LogP contribution in [0.1, 0.15) is 0 Å². The fourth-order valence-corrected chi connectivity index (χ4v) is 1.12. The van der Waals surface area contributed by atoms with E-state index >= 15 is 0 Å². The van der Waals surface area contributed by atoms with Crippen LogP contribution in [0.4, 0.5) is 13.2 Å². The lowest BCUT2D eigenvalue weighted by Gasteiger charge is -2.27. The van der Waals surface area contributed by atoms with Gasteiger partial charge < -0.3 is 4.74 Å². The molecule has 0 bridgehead atoms. The van der Waals surface area contributed by atoms with Gasteiger partial charge in [0.05, 0.1) is 12.6 Å². The first-order valence-electron chi connectivity index (χ1n) is 4.23. The Morgan fingerprint density at radius 1 is 1.38 bits per heavy atom. The van der Waals surface area contributed by atoms with Crippen LogP contribution in [0.25, 0.3) is 0 Å². The summed E-state index contributed by atoms with van der Waals surface area (Å²) in [6.07, 6.45) is -4.76. The maximum Gasteiger partial charge on any atom is 0.406 e. The molecule has 1 aliphatic heterocycles. The van der Waals surface area contributed by atoms with Gasteiger partial charge in [0, 0.05) is 0 Å². The highest BCUT2D eigenvalue weighted by Crippen LogP contribution is 2.26. The monoisotopic (exact) mass is 236 g/mol. The van der Waals surface area contributed by atoms with Gasteiger partial charge in [-0.25, -0.2) is 0 Å². The highest BCUT2D eigenvalue weighted by molar-refractivity contribution is 5.98. The molecule has 0 N–H and O–H groups in total. The molecule has 1 heterocycles. The van der Waals surface area contributed by atoms with E-state index < -0.39 is 43.7 Å². The van der Waals surface area contributed by atoms with Crippen molar-refractivity contribution in [3.8, 4) is 6.07 Å². The average molecular weight is 236 g/mol. The zero-order valence-electron chi connectivity index (χ0n) is 7.95. The van der Waals surface area contributed by atoms with Crippen molar-refractivity contribution in [3.05, 3.63) is 0 Å². The van der Waals surface area contributed by atoms with Gasteiger partial charge >= 0.3 is 6.18 Å². The Bertz CT molecular complexity index is 331. The van der Waals surface area contributed by atoms with Gasteiger partial charge in [-0.3, -0.25) is 14.5 Å². The molecule has 8 heteroatoms. The molecule has 1 rings (SSSR count). The molecule has 2 amide bonds. The van der Waals surface area contributed by atoms with Gasteiger partial charge in [0.1, 0.15) is 13.2 Å². The van der Waals surface area contributed by atoms with Crippen LogP contribution in [0.2, 0.25) is 0 Å². The summed E-state index contributed by atoms with van der Waals surface area (Å²) in [5.74, 6) is -4.08. The van der Waals surface area contributed by atoms with Gasteiger partial charge in [0.2, 0.25) is 0 Å². The smallest absolute Gasteiger partial charge is 0.362 e. The molecule has 1 aliphatic rings. The number of morpholine rings is 1. The van der Waals surface area contributed by atoms with Crippen molar-refractivity contribution in [1.82, 2.24) is 4.90 Å². The number of halogens is 3. The Morgan fingerprint density at radius 3 is 2.25 bits per heavy atom. The van der Waals surface area contributed by atoms with Gasteiger partial charge in [-0.15, -0.1) is 0 Å². The Balaban J connectivity index is 2.75. The maximum atomic E-state index is 12.2. The van der Waals surface area contributed by atoms with Crippen molar-refractivity contribution >= 4 is 11.8 Å². The van der Waals surface area contributed by atoms with Gasteiger partial charge in [-0.1, -0.05) is 0 Å². The lowest BCUT2D eigenvalue weighted by molar-refractivity contribution is -0.174. The molecule has 5 nitrogen and oxygen atoms in total. The third kappa shape index (κ3) is 2.70. The number of nitriles is 1. The summed E-state index contributed by atoms with van der Waals surface area (Å²) in [5, 5.41) is 8.31. The van der Waals surface area contributed by atoms with E-state index in [1.807, 2.05) is 0 Å². The first kappa shape index (κ1) is 12.4. The van der Waals surface area contributed by atoms with E-state index in [0.29, 0.717) is 4.90 Å². The van der Waals surface area contributed by atoms with Crippen LogP contribution in [-0.4, -0.2) is 42.6 Å². The van der Waals surface area contributed by atoms with E-state index in [2.05, 4.69) is 4.74 Å². The van der Waals surface area contributed by atoms with Gasteiger partial charge in [-0.05, 0) is 0 Å². The van der Waals surface area contributed by atoms with Crippen molar-refractivity contribution in [3.63, 3.8) is 0 Å². The zero-order chi connectivity index (χ0) is 12.3. The number of amides is 2. The number of nitrogens with zero attached hydrogens (tertiary/aromatic N) is 2. The Hall–Kier alpha value is -1.62. The van der Waals surface area contributed by atoms with Crippen molar-refractivity contribution in [2.75, 3.05) is 19.8 Å². The Morgan fingerprint density at radius 2 is 1.88 bits per heavy atom. The molecule has 1 fully saturated rings. The summed E-state index contributed by atoms with van der Waals surface area (Å²) in [5.41, 5.74) is 0. The van der Waals surface area contributed by atoms with Crippen molar-refractivity contribution in [2.45, 2.75) is 6.18 Å². The molecule has 88 valence electrons. The Kier molecular flexibility index (Phi) is 3.49. The average Bonchev–Trinajstić information content (AvgIpc) is 2.15. The normalized spacial score (nSPS) is 19.5. The van der Waals surface area contributed by atoms with Gasteiger partial charge in [0.15, 0.2) is 5.92 Å². The van der Waals surface area contributed by atoms with E-state index in [4.69, 9.17) is 5.26 Å². The van der Waals surface area contributed by atoms with E-state index in [-0.39, 0.29) is 0 Å². The molecule has 0 aromatic heterocycles. The number of alkyl halides is 3. The predicted octanol–water partition coefficient (Wildman–Crippen LogP) is 0.0739. The molecule has 0 saturated carbocycles. The molecule has 1 atom stereocenters. The van der Waals surface area contributed by atoms with Crippen LogP contribution >= 0.6 is 0 Å². The second-order valence-electron chi connectivity index (χ2n) is 3.11. The van der Waals surface area contributed by atoms with Crippen LogP contribution in [0.3, 0.4) is 0 Å². The molecule has 0 radical (unpaired) electrons. The van der Waals surface area contributed by atoms with E-state index in [9.17, 15) is 22.8 Å². The third-order valence-electron chi connectivity index (χ3n) is 1.97. The van der Waals surface area contributed by atoms with Crippen LogP contribution < -0.4 is 0 Å². The molecule has 0 aliphatic carbocycles. The number of hydrogen-bond acceptors (Lipinski definition) is 4.